The van der Waals surface area contributed by atoms with Gasteiger partial charge in [-0.15, -0.1) is 0 Å². The maximum Gasteiger partial charge on any atom is 0.311 e. The predicted molar refractivity (Wildman–Crippen MR) is 87.6 cm³/mol. The minimum absolute atomic E-state index is 0.143. The molecule has 0 radical (unpaired) electrons. The summed E-state index contributed by atoms with van der Waals surface area (Å²) in [7, 11) is 0. The number of hydrogen-bond acceptors (Lipinski definition) is 5. The van der Waals surface area contributed by atoms with Crippen LogP contribution in [0.3, 0.4) is 0 Å². The van der Waals surface area contributed by atoms with Gasteiger partial charge in [0.25, 0.3) is 5.91 Å². The lowest BCUT2D eigenvalue weighted by Gasteiger charge is -2.32. The van der Waals surface area contributed by atoms with Gasteiger partial charge < -0.3 is 14.7 Å². The standard InChI is InChI=1S/C17H20N2O6/c1-2-25-14-4-3-11(9-13(14)19(23)24)15(20)18-7-5-17(6-8-18)10-12(17)16(21)22/h3-4,9,12H,2,5-8,10H2,1H3,(H,21,22). The Kier molecular flexibility index (Phi) is 4.36. The van der Waals surface area contributed by atoms with Gasteiger partial charge in [0, 0.05) is 24.7 Å². The molecule has 3 rings (SSSR count). The highest BCUT2D eigenvalue weighted by Crippen LogP contribution is 2.59. The Morgan fingerprint density at radius 2 is 2.08 bits per heavy atom. The molecule has 1 aliphatic heterocycles. The van der Waals surface area contributed by atoms with Crippen LogP contribution in [-0.4, -0.2) is 46.5 Å². The van der Waals surface area contributed by atoms with Crippen LogP contribution in [0, 0.1) is 21.4 Å². The van der Waals surface area contributed by atoms with Crippen molar-refractivity contribution in [1.29, 1.82) is 0 Å². The molecule has 1 saturated heterocycles. The number of ether oxygens (including phenoxy) is 1. The normalized spacial score (nSPS) is 21.0. The van der Waals surface area contributed by atoms with Gasteiger partial charge in [-0.1, -0.05) is 0 Å². The van der Waals surface area contributed by atoms with Crippen molar-refractivity contribution < 1.29 is 24.4 Å². The van der Waals surface area contributed by atoms with Crippen LogP contribution in [0.15, 0.2) is 18.2 Å². The third-order valence-electron chi connectivity index (χ3n) is 5.24. The van der Waals surface area contributed by atoms with Crippen LogP contribution in [0.2, 0.25) is 0 Å². The first kappa shape index (κ1) is 17.2. The number of nitrogens with zero attached hydrogens (tertiary/aromatic N) is 2. The highest BCUT2D eigenvalue weighted by molar-refractivity contribution is 5.95. The van der Waals surface area contributed by atoms with Crippen molar-refractivity contribution in [1.82, 2.24) is 4.90 Å². The van der Waals surface area contributed by atoms with Gasteiger partial charge in [-0.05, 0) is 43.7 Å². The number of piperidine rings is 1. The zero-order chi connectivity index (χ0) is 18.2. The molecule has 1 amide bonds. The fraction of sp³-hybridized carbons (Fsp3) is 0.529. The van der Waals surface area contributed by atoms with Crippen molar-refractivity contribution in [2.45, 2.75) is 26.2 Å². The predicted octanol–water partition coefficient (Wildman–Crippen LogP) is 2.32. The van der Waals surface area contributed by atoms with Crippen LogP contribution in [0.1, 0.15) is 36.5 Å². The summed E-state index contributed by atoms with van der Waals surface area (Å²) < 4.78 is 5.23. The molecule has 2 aliphatic rings. The molecule has 1 aliphatic carbocycles. The van der Waals surface area contributed by atoms with Crippen LogP contribution in [0.5, 0.6) is 5.75 Å². The van der Waals surface area contributed by atoms with E-state index in [1.165, 1.54) is 18.2 Å². The summed E-state index contributed by atoms with van der Waals surface area (Å²) in [4.78, 5) is 36.0. The SMILES string of the molecule is CCOc1ccc(C(=O)N2CCC3(CC2)CC3C(=O)O)cc1[N+](=O)[O-]. The van der Waals surface area contributed by atoms with Gasteiger partial charge in [-0.2, -0.15) is 0 Å². The van der Waals surface area contributed by atoms with Gasteiger partial charge in [0.05, 0.1) is 17.4 Å². The van der Waals surface area contributed by atoms with Gasteiger partial charge in [-0.25, -0.2) is 0 Å². The highest BCUT2D eigenvalue weighted by Gasteiger charge is 2.59. The lowest BCUT2D eigenvalue weighted by molar-refractivity contribution is -0.385. The molecule has 1 spiro atoms. The Hall–Kier alpha value is -2.64. The number of nitro benzene ring substituents is 1. The lowest BCUT2D eigenvalue weighted by atomic mass is 9.90. The molecule has 1 aromatic carbocycles. The van der Waals surface area contributed by atoms with E-state index < -0.39 is 10.9 Å². The summed E-state index contributed by atoms with van der Waals surface area (Å²) in [5.74, 6) is -1.18. The number of nitro groups is 1. The highest BCUT2D eigenvalue weighted by atomic mass is 16.6. The van der Waals surface area contributed by atoms with Crippen LogP contribution in [0.25, 0.3) is 0 Å². The van der Waals surface area contributed by atoms with Crippen LogP contribution >= 0.6 is 0 Å². The number of amides is 1. The first-order valence-electron chi connectivity index (χ1n) is 8.31. The summed E-state index contributed by atoms with van der Waals surface area (Å²) in [6.45, 7) is 2.98. The van der Waals surface area contributed by atoms with Crippen molar-refractivity contribution >= 4 is 17.6 Å². The third kappa shape index (κ3) is 3.16. The van der Waals surface area contributed by atoms with E-state index in [0.717, 1.165) is 0 Å². The largest absolute Gasteiger partial charge is 0.487 e. The first-order chi connectivity index (χ1) is 11.9. The fourth-order valence-corrected chi connectivity index (χ4v) is 3.66. The lowest BCUT2D eigenvalue weighted by Crippen LogP contribution is -2.40. The number of aliphatic carboxylic acids is 1. The van der Waals surface area contributed by atoms with Gasteiger partial charge in [0.1, 0.15) is 0 Å². The quantitative estimate of drug-likeness (QED) is 0.646. The topological polar surface area (TPSA) is 110 Å². The van der Waals surface area contributed by atoms with Gasteiger partial charge in [-0.3, -0.25) is 19.7 Å². The first-order valence-corrected chi connectivity index (χ1v) is 8.31. The number of carboxylic acids is 1. The van der Waals surface area contributed by atoms with Gasteiger partial charge >= 0.3 is 11.7 Å². The maximum absolute atomic E-state index is 12.6. The number of carbonyl (C=O) groups excluding carboxylic acids is 1. The number of rotatable bonds is 5. The maximum atomic E-state index is 12.6. The number of carboxylic acid groups (broad SMARTS) is 1. The van der Waals surface area contributed by atoms with Crippen molar-refractivity contribution in [3.05, 3.63) is 33.9 Å². The van der Waals surface area contributed by atoms with Crippen molar-refractivity contribution in [2.24, 2.45) is 11.3 Å². The van der Waals surface area contributed by atoms with Crippen molar-refractivity contribution in [3.63, 3.8) is 0 Å². The molecule has 0 bridgehead atoms. The zero-order valence-electron chi connectivity index (χ0n) is 13.9. The second-order valence-corrected chi connectivity index (χ2v) is 6.62. The minimum atomic E-state index is -0.762. The molecule has 1 N–H and O–H groups in total. The average Bonchev–Trinajstić information content (AvgIpc) is 3.29. The summed E-state index contributed by atoms with van der Waals surface area (Å²) in [6, 6.07) is 4.22. The third-order valence-corrected chi connectivity index (χ3v) is 5.24. The van der Waals surface area contributed by atoms with E-state index in [0.29, 0.717) is 39.0 Å². The molecular weight excluding hydrogens is 328 g/mol. The van der Waals surface area contributed by atoms with E-state index in [1.54, 1.807) is 11.8 Å². The van der Waals surface area contributed by atoms with E-state index >= 15 is 0 Å². The monoisotopic (exact) mass is 348 g/mol. The summed E-state index contributed by atoms with van der Waals surface area (Å²) >= 11 is 0. The van der Waals surface area contributed by atoms with Crippen molar-refractivity contribution in [2.75, 3.05) is 19.7 Å². The van der Waals surface area contributed by atoms with E-state index in [2.05, 4.69) is 0 Å². The van der Waals surface area contributed by atoms with Gasteiger partial charge in [0.2, 0.25) is 0 Å². The Morgan fingerprint density at radius 3 is 2.60 bits per heavy atom. The van der Waals surface area contributed by atoms with E-state index in [9.17, 15) is 19.7 Å². The van der Waals surface area contributed by atoms with Crippen LogP contribution < -0.4 is 4.74 Å². The summed E-state index contributed by atoms with van der Waals surface area (Å²) in [6.07, 6.45) is 2.00. The van der Waals surface area contributed by atoms with Crippen LogP contribution in [-0.2, 0) is 4.79 Å². The molecule has 0 aromatic heterocycles. The molecule has 8 heteroatoms. The Balaban J connectivity index is 1.71. The molecule has 1 atom stereocenters. The molecule has 1 unspecified atom stereocenters. The number of likely N-dealkylation sites (tertiary alicyclic amines) is 1. The van der Waals surface area contributed by atoms with E-state index in [-0.39, 0.29) is 34.2 Å². The smallest absolute Gasteiger partial charge is 0.311 e. The second kappa shape index (κ2) is 6.34. The second-order valence-electron chi connectivity index (χ2n) is 6.62. The molecule has 134 valence electrons. The molecule has 25 heavy (non-hydrogen) atoms. The Labute approximate surface area is 144 Å². The molecular formula is C17H20N2O6. The molecule has 1 heterocycles. The van der Waals surface area contributed by atoms with Crippen LogP contribution in [0.4, 0.5) is 5.69 Å². The Bertz CT molecular complexity index is 724. The summed E-state index contributed by atoms with van der Waals surface area (Å²) in [5.41, 5.74) is -0.140. The number of hydrogen-bond donors (Lipinski definition) is 1. The van der Waals surface area contributed by atoms with E-state index in [4.69, 9.17) is 9.84 Å². The Morgan fingerprint density at radius 1 is 1.40 bits per heavy atom. The minimum Gasteiger partial charge on any atom is -0.487 e. The summed E-state index contributed by atoms with van der Waals surface area (Å²) in [5, 5.41) is 20.3. The number of carbonyl (C=O) groups is 2. The average molecular weight is 348 g/mol. The zero-order valence-corrected chi connectivity index (χ0v) is 13.9. The van der Waals surface area contributed by atoms with Gasteiger partial charge in [0.15, 0.2) is 5.75 Å². The molecule has 8 nitrogen and oxygen atoms in total. The number of benzene rings is 1. The molecule has 1 aromatic rings. The molecule has 2 fully saturated rings. The fourth-order valence-electron chi connectivity index (χ4n) is 3.66. The molecule has 1 saturated carbocycles. The van der Waals surface area contributed by atoms with Crippen molar-refractivity contribution in [3.8, 4) is 5.75 Å². The van der Waals surface area contributed by atoms with E-state index in [1.807, 2.05) is 0 Å².